The summed E-state index contributed by atoms with van der Waals surface area (Å²) in [6, 6.07) is 0.426. The molecule has 0 amide bonds. The van der Waals surface area contributed by atoms with Crippen LogP contribution in [0.3, 0.4) is 0 Å². The minimum atomic E-state index is 0.333. The second-order valence-corrected chi connectivity index (χ2v) is 3.15. The van der Waals surface area contributed by atoms with Gasteiger partial charge in [0.1, 0.15) is 7.85 Å². The molecule has 0 aromatic rings. The third-order valence-corrected chi connectivity index (χ3v) is 2.08. The Labute approximate surface area is 63.3 Å². The van der Waals surface area contributed by atoms with E-state index in [2.05, 4.69) is 14.8 Å². The SMILES string of the molecule is B[C@H]1C[C@@H](C)[C@@H](COC)O1. The molecule has 0 aliphatic carbocycles. The lowest BCUT2D eigenvalue weighted by Crippen LogP contribution is -2.20. The maximum absolute atomic E-state index is 5.59. The third kappa shape index (κ3) is 1.73. The van der Waals surface area contributed by atoms with Gasteiger partial charge in [0.15, 0.2) is 0 Å². The Morgan fingerprint density at radius 3 is 2.80 bits per heavy atom. The van der Waals surface area contributed by atoms with Crippen molar-refractivity contribution in [2.24, 2.45) is 5.92 Å². The molecule has 1 fully saturated rings. The topological polar surface area (TPSA) is 18.5 Å². The Kier molecular flexibility index (Phi) is 2.75. The molecule has 0 N–H and O–H groups in total. The van der Waals surface area contributed by atoms with Gasteiger partial charge in [-0.2, -0.15) is 0 Å². The maximum atomic E-state index is 5.59. The van der Waals surface area contributed by atoms with E-state index in [1.165, 1.54) is 6.42 Å². The molecule has 1 rings (SSSR count). The molecule has 1 aliphatic heterocycles. The van der Waals surface area contributed by atoms with Gasteiger partial charge in [0.2, 0.25) is 0 Å². The van der Waals surface area contributed by atoms with Crippen LogP contribution in [0.1, 0.15) is 13.3 Å². The molecule has 0 aromatic heterocycles. The van der Waals surface area contributed by atoms with Crippen LogP contribution < -0.4 is 0 Å². The maximum Gasteiger partial charge on any atom is 0.139 e. The molecule has 0 spiro atoms. The van der Waals surface area contributed by atoms with E-state index in [0.717, 1.165) is 6.61 Å². The molecule has 1 aliphatic rings. The first-order valence-corrected chi connectivity index (χ1v) is 3.88. The molecule has 2 nitrogen and oxygen atoms in total. The number of hydrogen-bond acceptors (Lipinski definition) is 2. The fourth-order valence-electron chi connectivity index (χ4n) is 1.53. The van der Waals surface area contributed by atoms with Crippen LogP contribution in [0.4, 0.5) is 0 Å². The highest BCUT2D eigenvalue weighted by Gasteiger charge is 2.28. The summed E-state index contributed by atoms with van der Waals surface area (Å²) in [7, 11) is 3.84. The third-order valence-electron chi connectivity index (χ3n) is 2.08. The number of methoxy groups -OCH3 is 1. The van der Waals surface area contributed by atoms with E-state index in [9.17, 15) is 0 Å². The number of ether oxygens (including phenoxy) is 2. The molecule has 0 radical (unpaired) electrons. The summed E-state index contributed by atoms with van der Waals surface area (Å²) in [5, 5.41) is 0. The van der Waals surface area contributed by atoms with Crippen LogP contribution in [0.15, 0.2) is 0 Å². The van der Waals surface area contributed by atoms with Gasteiger partial charge in [-0.05, 0) is 12.3 Å². The van der Waals surface area contributed by atoms with Gasteiger partial charge in [0.25, 0.3) is 0 Å². The summed E-state index contributed by atoms with van der Waals surface area (Å²) in [4.78, 5) is 0. The zero-order valence-corrected chi connectivity index (χ0v) is 6.96. The summed E-state index contributed by atoms with van der Waals surface area (Å²) in [6.45, 7) is 2.96. The van der Waals surface area contributed by atoms with E-state index < -0.39 is 0 Å². The molecular weight excluding hydrogens is 127 g/mol. The van der Waals surface area contributed by atoms with Crippen LogP contribution in [0.25, 0.3) is 0 Å². The van der Waals surface area contributed by atoms with Gasteiger partial charge in [-0.15, -0.1) is 0 Å². The van der Waals surface area contributed by atoms with Gasteiger partial charge in [-0.1, -0.05) is 6.92 Å². The van der Waals surface area contributed by atoms with Gasteiger partial charge >= 0.3 is 0 Å². The molecule has 0 aromatic carbocycles. The molecule has 0 bridgehead atoms. The monoisotopic (exact) mass is 142 g/mol. The lowest BCUT2D eigenvalue weighted by atomic mass is 9.92. The molecule has 1 saturated heterocycles. The molecule has 10 heavy (non-hydrogen) atoms. The first kappa shape index (κ1) is 8.09. The van der Waals surface area contributed by atoms with Gasteiger partial charge in [-0.25, -0.2) is 0 Å². The Morgan fingerprint density at radius 1 is 1.70 bits per heavy atom. The summed E-state index contributed by atoms with van der Waals surface area (Å²) in [6.07, 6.45) is 1.51. The smallest absolute Gasteiger partial charge is 0.139 e. The molecule has 0 unspecified atom stereocenters. The van der Waals surface area contributed by atoms with Gasteiger partial charge < -0.3 is 9.47 Å². The van der Waals surface area contributed by atoms with E-state index in [-0.39, 0.29) is 0 Å². The van der Waals surface area contributed by atoms with E-state index in [1.54, 1.807) is 7.11 Å². The van der Waals surface area contributed by atoms with Crippen LogP contribution in [-0.2, 0) is 9.47 Å². The fraction of sp³-hybridized carbons (Fsp3) is 1.00. The van der Waals surface area contributed by atoms with Crippen molar-refractivity contribution in [3.8, 4) is 0 Å². The summed E-state index contributed by atoms with van der Waals surface area (Å²) >= 11 is 0. The fourth-order valence-corrected chi connectivity index (χ4v) is 1.53. The molecule has 3 atom stereocenters. The Balaban J connectivity index is 2.31. The average molecular weight is 142 g/mol. The zero-order valence-electron chi connectivity index (χ0n) is 6.96. The quantitative estimate of drug-likeness (QED) is 0.506. The highest BCUT2D eigenvalue weighted by Crippen LogP contribution is 2.24. The van der Waals surface area contributed by atoms with Gasteiger partial charge in [0, 0.05) is 13.1 Å². The minimum absolute atomic E-state index is 0.333. The Morgan fingerprint density at radius 2 is 2.40 bits per heavy atom. The molecule has 3 heteroatoms. The van der Waals surface area contributed by atoms with Crippen LogP contribution in [-0.4, -0.2) is 33.7 Å². The first-order valence-electron chi connectivity index (χ1n) is 3.88. The van der Waals surface area contributed by atoms with E-state index >= 15 is 0 Å². The molecular formula is C7H15BO2. The molecule has 0 saturated carbocycles. The largest absolute Gasteiger partial charge is 0.382 e. The second-order valence-electron chi connectivity index (χ2n) is 3.15. The summed E-state index contributed by atoms with van der Waals surface area (Å²) in [5.74, 6) is 0.662. The minimum Gasteiger partial charge on any atom is -0.382 e. The Hall–Kier alpha value is -0.0151. The molecule has 58 valence electrons. The predicted octanol–water partition coefficient (Wildman–Crippen LogP) is 0.0170. The Bertz CT molecular complexity index is 108. The van der Waals surface area contributed by atoms with Crippen LogP contribution in [0.2, 0.25) is 0 Å². The predicted molar refractivity (Wildman–Crippen MR) is 42.9 cm³/mol. The highest BCUT2D eigenvalue weighted by atomic mass is 16.5. The summed E-state index contributed by atoms with van der Waals surface area (Å²) in [5.41, 5.74) is 0. The summed E-state index contributed by atoms with van der Waals surface area (Å²) < 4.78 is 10.6. The van der Waals surface area contributed by atoms with Gasteiger partial charge in [-0.3, -0.25) is 0 Å². The standard InChI is InChI=1S/C7H15BO2/c1-5-3-7(8)10-6(5)4-9-2/h5-7H,3-4,8H2,1-2H3/t5-,6-,7-/m1/s1. The normalized spacial score (nSPS) is 40.4. The van der Waals surface area contributed by atoms with Crippen molar-refractivity contribution in [3.05, 3.63) is 0 Å². The van der Waals surface area contributed by atoms with Crippen molar-refractivity contribution < 1.29 is 9.47 Å². The van der Waals surface area contributed by atoms with Crippen molar-refractivity contribution in [1.29, 1.82) is 0 Å². The highest BCUT2D eigenvalue weighted by molar-refractivity contribution is 6.11. The lowest BCUT2D eigenvalue weighted by Gasteiger charge is -2.12. The van der Waals surface area contributed by atoms with Crippen molar-refractivity contribution in [2.45, 2.75) is 25.5 Å². The number of hydrogen-bond donors (Lipinski definition) is 0. The van der Waals surface area contributed by atoms with Crippen molar-refractivity contribution in [1.82, 2.24) is 0 Å². The molecule has 1 heterocycles. The second kappa shape index (κ2) is 3.40. The van der Waals surface area contributed by atoms with Crippen LogP contribution in [0.5, 0.6) is 0 Å². The average Bonchev–Trinajstić information content (AvgIpc) is 2.13. The number of rotatable bonds is 2. The van der Waals surface area contributed by atoms with E-state index in [4.69, 9.17) is 9.47 Å². The van der Waals surface area contributed by atoms with E-state index in [0.29, 0.717) is 18.0 Å². The zero-order chi connectivity index (χ0) is 7.56. The van der Waals surface area contributed by atoms with E-state index in [1.807, 2.05) is 0 Å². The first-order chi connectivity index (χ1) is 4.74. The van der Waals surface area contributed by atoms with Crippen LogP contribution >= 0.6 is 0 Å². The van der Waals surface area contributed by atoms with Gasteiger partial charge in [0.05, 0.1) is 12.7 Å². The van der Waals surface area contributed by atoms with Crippen LogP contribution in [0, 0.1) is 5.92 Å². The lowest BCUT2D eigenvalue weighted by molar-refractivity contribution is 0.0121. The van der Waals surface area contributed by atoms with Crippen molar-refractivity contribution >= 4 is 7.85 Å². The van der Waals surface area contributed by atoms with Crippen molar-refractivity contribution in [3.63, 3.8) is 0 Å². The van der Waals surface area contributed by atoms with Crippen molar-refractivity contribution in [2.75, 3.05) is 13.7 Å².